The maximum atomic E-state index is 4.50. The van der Waals surface area contributed by atoms with Crippen molar-refractivity contribution in [2.24, 2.45) is 11.8 Å². The third-order valence-electron chi connectivity index (χ3n) is 7.22. The van der Waals surface area contributed by atoms with E-state index in [1.54, 1.807) is 0 Å². The van der Waals surface area contributed by atoms with Gasteiger partial charge in [-0.15, -0.1) is 0 Å². The van der Waals surface area contributed by atoms with Crippen LogP contribution in [0.1, 0.15) is 197 Å². The van der Waals surface area contributed by atoms with E-state index in [4.69, 9.17) is 0 Å². The monoisotopic (exact) mass is 521 g/mol. The smallest absolute Gasteiger partial charge is 0 e. The Labute approximate surface area is 254 Å². The van der Waals surface area contributed by atoms with Crippen LogP contribution in [0.15, 0.2) is 0 Å². The highest BCUT2D eigenvalue weighted by Gasteiger charge is 2.13. The van der Waals surface area contributed by atoms with Crippen LogP contribution in [0.4, 0.5) is 0 Å². The van der Waals surface area contributed by atoms with Crippen molar-refractivity contribution in [2.75, 3.05) is 0 Å². The Kier molecular flexibility index (Phi) is 67.6. The largest absolute Gasteiger partial charge is 0.0776 e. The van der Waals surface area contributed by atoms with Crippen molar-refractivity contribution in [3.63, 3.8) is 0 Å². The summed E-state index contributed by atoms with van der Waals surface area (Å²) in [6.45, 7) is 9.51. The van der Waals surface area contributed by atoms with Crippen molar-refractivity contribution in [1.29, 1.82) is 0 Å². The highest BCUT2D eigenvalue weighted by molar-refractivity contribution is 7.17. The maximum absolute atomic E-state index is 4.50. The summed E-state index contributed by atoms with van der Waals surface area (Å²) in [5, 5.41) is 0. The zero-order chi connectivity index (χ0) is 26.8. The van der Waals surface area contributed by atoms with Gasteiger partial charge >= 0.3 is 0 Å². The van der Waals surface area contributed by atoms with Crippen molar-refractivity contribution in [1.82, 2.24) is 0 Å². The van der Waals surface area contributed by atoms with Crippen molar-refractivity contribution < 1.29 is 0 Å². The Balaban J connectivity index is -0.000000297. The lowest BCUT2D eigenvalue weighted by Crippen LogP contribution is -2.08. The first kappa shape index (κ1) is 51.2. The van der Waals surface area contributed by atoms with Gasteiger partial charge < -0.3 is 0 Å². The molecule has 2 unspecified atom stereocenters. The van der Waals surface area contributed by atoms with Gasteiger partial charge in [0.2, 0.25) is 0 Å². The van der Waals surface area contributed by atoms with Crippen LogP contribution in [0.5, 0.6) is 0 Å². The summed E-state index contributed by atoms with van der Waals surface area (Å²) < 4.78 is 0. The predicted molar refractivity (Wildman–Crippen MR) is 188 cm³/mol. The van der Waals surface area contributed by atoms with E-state index in [0.717, 1.165) is 18.9 Å². The number of hydrogen-bond acceptors (Lipinski definition) is 0. The third kappa shape index (κ3) is 49.3. The standard InChI is InChI=1S/C30H62.2CH4.B3.B2.B/c1-5-8-11-14-17-18-21-24-27-30(26-23-20-16-13-10-7-3)28-29(4)25-22-19-15-12-9-6-2;;;1-3-2;1-2;/h29-30H,5-28H2,1-4H3;2*1H4;;;. The summed E-state index contributed by atoms with van der Waals surface area (Å²) in [7, 11) is 18.0. The van der Waals surface area contributed by atoms with E-state index < -0.39 is 0 Å². The molecule has 6 heteroatoms. The van der Waals surface area contributed by atoms with E-state index in [2.05, 4.69) is 58.6 Å². The fourth-order valence-corrected chi connectivity index (χ4v) is 5.12. The van der Waals surface area contributed by atoms with Gasteiger partial charge in [0.25, 0.3) is 0 Å². The molecule has 0 aromatic carbocycles. The van der Waals surface area contributed by atoms with Crippen LogP contribution in [0.3, 0.4) is 0 Å². The van der Waals surface area contributed by atoms with Crippen molar-refractivity contribution >= 4 is 46.4 Å². The minimum absolute atomic E-state index is 0. The van der Waals surface area contributed by atoms with Gasteiger partial charge in [-0.2, -0.15) is 0 Å². The van der Waals surface area contributed by atoms with Crippen LogP contribution >= 0.6 is 0 Å². The van der Waals surface area contributed by atoms with Crippen LogP contribution in [0.25, 0.3) is 0 Å². The molecule has 12 radical (unpaired) electrons. The maximum Gasteiger partial charge on any atom is 0 e. The highest BCUT2D eigenvalue weighted by Crippen LogP contribution is 2.28. The van der Waals surface area contributed by atoms with Crippen molar-refractivity contribution in [2.45, 2.75) is 197 Å². The molecule has 0 saturated carbocycles. The van der Waals surface area contributed by atoms with E-state index in [-0.39, 0.29) is 23.3 Å². The molecule has 0 saturated heterocycles. The summed E-state index contributed by atoms with van der Waals surface area (Å²) in [5.74, 6) is 1.97. The van der Waals surface area contributed by atoms with Gasteiger partial charge in [0.1, 0.15) is 0 Å². The molecular formula is C32H70B6. The molecule has 0 spiro atoms. The number of rotatable bonds is 25. The zero-order valence-corrected chi connectivity index (χ0v) is 25.6. The number of hydrogen-bond donors (Lipinski definition) is 0. The first-order valence-corrected chi connectivity index (χ1v) is 15.7. The van der Waals surface area contributed by atoms with Gasteiger partial charge in [0, 0.05) is 46.4 Å². The second-order valence-corrected chi connectivity index (χ2v) is 10.8. The molecule has 38 heavy (non-hydrogen) atoms. The average molecular weight is 520 g/mol. The summed E-state index contributed by atoms with van der Waals surface area (Å²) in [6.07, 6.45) is 35.2. The molecule has 0 rings (SSSR count). The Morgan fingerprint density at radius 2 is 0.711 bits per heavy atom. The topological polar surface area (TPSA) is 0 Å². The van der Waals surface area contributed by atoms with E-state index in [0.29, 0.717) is 0 Å². The molecule has 0 aromatic rings. The van der Waals surface area contributed by atoms with Gasteiger partial charge in [0.15, 0.2) is 0 Å². The lowest BCUT2D eigenvalue weighted by molar-refractivity contribution is 0.313. The van der Waals surface area contributed by atoms with Crippen LogP contribution in [0, 0.1) is 11.8 Å². The van der Waals surface area contributed by atoms with Gasteiger partial charge in [0.05, 0.1) is 0 Å². The molecule has 0 amide bonds. The van der Waals surface area contributed by atoms with Gasteiger partial charge in [-0.3, -0.25) is 0 Å². The van der Waals surface area contributed by atoms with E-state index >= 15 is 0 Å². The summed E-state index contributed by atoms with van der Waals surface area (Å²) >= 11 is 0. The molecular weight excluding hydrogens is 449 g/mol. The molecule has 0 aliphatic carbocycles. The minimum Gasteiger partial charge on any atom is -0.0776 e. The normalized spacial score (nSPS) is 11.2. The predicted octanol–water partition coefficient (Wildman–Crippen LogP) is 10.6. The van der Waals surface area contributed by atoms with Crippen LogP contribution in [-0.2, 0) is 0 Å². The third-order valence-corrected chi connectivity index (χ3v) is 7.22. The molecule has 0 aliphatic rings. The molecule has 0 aromatic heterocycles. The fourth-order valence-electron chi connectivity index (χ4n) is 5.12. The average Bonchev–Trinajstić information content (AvgIpc) is 2.86. The molecule has 0 nitrogen and oxygen atoms in total. The van der Waals surface area contributed by atoms with Crippen molar-refractivity contribution in [3.05, 3.63) is 0 Å². The Hall–Kier alpha value is 0.390. The quantitative estimate of drug-likeness (QED) is 0.0831. The zero-order valence-electron chi connectivity index (χ0n) is 25.6. The Morgan fingerprint density at radius 1 is 0.474 bits per heavy atom. The Bertz CT molecular complexity index is 331. The second-order valence-electron chi connectivity index (χ2n) is 10.8. The van der Waals surface area contributed by atoms with Gasteiger partial charge in [-0.1, -0.05) is 190 Å². The van der Waals surface area contributed by atoms with Crippen LogP contribution in [-0.4, -0.2) is 46.4 Å². The highest BCUT2D eigenvalue weighted by atomic mass is 14.2. The Morgan fingerprint density at radius 3 is 1.00 bits per heavy atom. The molecule has 2 atom stereocenters. The lowest BCUT2D eigenvalue weighted by Gasteiger charge is -2.21. The molecule has 0 bridgehead atoms. The lowest BCUT2D eigenvalue weighted by atomic mass is 9.40. The molecule has 0 fully saturated rings. The minimum atomic E-state index is 0. The van der Waals surface area contributed by atoms with E-state index in [9.17, 15) is 0 Å². The van der Waals surface area contributed by atoms with E-state index in [1.807, 2.05) is 0 Å². The van der Waals surface area contributed by atoms with E-state index in [1.165, 1.54) is 154 Å². The van der Waals surface area contributed by atoms with Crippen molar-refractivity contribution in [3.8, 4) is 0 Å². The molecule has 216 valence electrons. The summed E-state index contributed by atoms with van der Waals surface area (Å²) in [6, 6.07) is 0. The molecule has 0 N–H and O–H groups in total. The first-order valence-electron chi connectivity index (χ1n) is 15.7. The second kappa shape index (κ2) is 50.2. The first-order chi connectivity index (χ1) is 17.2. The number of unbranched alkanes of at least 4 members (excludes halogenated alkanes) is 17. The molecule has 0 aliphatic heterocycles. The van der Waals surface area contributed by atoms with Gasteiger partial charge in [-0.05, 0) is 18.3 Å². The van der Waals surface area contributed by atoms with Crippen LogP contribution < -0.4 is 0 Å². The SMILES string of the molecule is C.C.CCCCCCCCCCC(CCCCCCCC)CC(C)CCCCCCCC.[B].[B][B].[B][B][B]. The summed E-state index contributed by atoms with van der Waals surface area (Å²) in [4.78, 5) is 0. The molecule has 0 heterocycles. The summed E-state index contributed by atoms with van der Waals surface area (Å²) in [5.41, 5.74) is 0. The van der Waals surface area contributed by atoms with Crippen LogP contribution in [0.2, 0.25) is 0 Å². The fraction of sp³-hybridized carbons (Fsp3) is 1.00. The van der Waals surface area contributed by atoms with Gasteiger partial charge in [-0.25, -0.2) is 0 Å².